The molecule has 0 amide bonds. The Morgan fingerprint density at radius 1 is 1.24 bits per heavy atom. The molecule has 1 aliphatic heterocycles. The Morgan fingerprint density at radius 2 is 2.10 bits per heavy atom. The summed E-state index contributed by atoms with van der Waals surface area (Å²) in [5.41, 5.74) is 2.11. The van der Waals surface area contributed by atoms with Crippen LogP contribution in [0.25, 0.3) is 10.9 Å². The standard InChI is InChI=1S/C17H21N3S/c1-3-12(4-2)16-11-19-17(21-16)20-15-9-5-8-14-13(15)7-6-10-18-14/h5-10,12,16H,3-4,11H2,1-2H3,(H,19,20). The number of hydrogen-bond acceptors (Lipinski definition) is 4. The highest BCUT2D eigenvalue weighted by atomic mass is 32.2. The third-order valence-electron chi connectivity index (χ3n) is 4.14. The molecule has 0 bridgehead atoms. The van der Waals surface area contributed by atoms with Crippen molar-refractivity contribution in [3.8, 4) is 0 Å². The van der Waals surface area contributed by atoms with E-state index in [1.807, 2.05) is 36.2 Å². The molecular weight excluding hydrogens is 278 g/mol. The van der Waals surface area contributed by atoms with Gasteiger partial charge in [-0.05, 0) is 30.2 Å². The molecule has 1 unspecified atom stereocenters. The van der Waals surface area contributed by atoms with Crippen LogP contribution in [0.4, 0.5) is 5.69 Å². The van der Waals surface area contributed by atoms with Crippen LogP contribution in [0.3, 0.4) is 0 Å². The number of nitrogens with zero attached hydrogens (tertiary/aromatic N) is 2. The molecule has 0 aliphatic carbocycles. The quantitative estimate of drug-likeness (QED) is 0.899. The molecule has 0 saturated carbocycles. The number of thioether (sulfide) groups is 1. The molecule has 3 rings (SSSR count). The van der Waals surface area contributed by atoms with Gasteiger partial charge < -0.3 is 5.32 Å². The zero-order valence-electron chi connectivity index (χ0n) is 12.5. The summed E-state index contributed by atoms with van der Waals surface area (Å²) < 4.78 is 0. The summed E-state index contributed by atoms with van der Waals surface area (Å²) in [5.74, 6) is 0.757. The second kappa shape index (κ2) is 6.48. The fourth-order valence-electron chi connectivity index (χ4n) is 2.85. The van der Waals surface area contributed by atoms with Crippen molar-refractivity contribution in [3.05, 3.63) is 36.5 Å². The van der Waals surface area contributed by atoms with E-state index in [0.717, 1.165) is 34.2 Å². The largest absolute Gasteiger partial charge is 0.334 e. The average molecular weight is 299 g/mol. The molecule has 0 spiro atoms. The lowest BCUT2D eigenvalue weighted by molar-refractivity contribution is 0.479. The molecule has 110 valence electrons. The molecule has 1 atom stereocenters. The maximum absolute atomic E-state index is 4.68. The van der Waals surface area contributed by atoms with Crippen LogP contribution in [0, 0.1) is 5.92 Å². The van der Waals surface area contributed by atoms with E-state index in [4.69, 9.17) is 0 Å². The Bertz CT molecular complexity index is 644. The summed E-state index contributed by atoms with van der Waals surface area (Å²) in [7, 11) is 0. The van der Waals surface area contributed by atoms with Gasteiger partial charge in [0.25, 0.3) is 0 Å². The van der Waals surface area contributed by atoms with Crippen LogP contribution in [0.5, 0.6) is 0 Å². The lowest BCUT2D eigenvalue weighted by Crippen LogP contribution is -2.17. The van der Waals surface area contributed by atoms with Crippen molar-refractivity contribution in [1.82, 2.24) is 4.98 Å². The van der Waals surface area contributed by atoms with Crippen LogP contribution in [-0.2, 0) is 0 Å². The predicted octanol–water partition coefficient (Wildman–Crippen LogP) is 4.55. The minimum atomic E-state index is 0.621. The van der Waals surface area contributed by atoms with Crippen LogP contribution in [0.1, 0.15) is 26.7 Å². The Kier molecular flexibility index (Phi) is 4.44. The molecule has 0 radical (unpaired) electrons. The summed E-state index contributed by atoms with van der Waals surface area (Å²) in [6.45, 7) is 5.48. The number of fused-ring (bicyclic) bond motifs is 1. The van der Waals surface area contributed by atoms with E-state index in [1.54, 1.807) is 0 Å². The minimum Gasteiger partial charge on any atom is -0.334 e. The summed E-state index contributed by atoms with van der Waals surface area (Å²) in [6, 6.07) is 10.2. The molecule has 2 heterocycles. The van der Waals surface area contributed by atoms with Crippen LogP contribution in [0.2, 0.25) is 0 Å². The predicted molar refractivity (Wildman–Crippen MR) is 93.1 cm³/mol. The number of aliphatic imine (C=N–C) groups is 1. The first-order chi connectivity index (χ1) is 10.3. The summed E-state index contributed by atoms with van der Waals surface area (Å²) in [6.07, 6.45) is 4.29. The topological polar surface area (TPSA) is 37.3 Å². The van der Waals surface area contributed by atoms with E-state index < -0.39 is 0 Å². The summed E-state index contributed by atoms with van der Waals surface area (Å²) >= 11 is 1.89. The van der Waals surface area contributed by atoms with Gasteiger partial charge in [-0.15, -0.1) is 0 Å². The molecule has 2 aromatic rings. The molecule has 0 fully saturated rings. The second-order valence-electron chi connectivity index (χ2n) is 5.38. The number of hydrogen-bond donors (Lipinski definition) is 1. The number of aromatic nitrogens is 1. The zero-order chi connectivity index (χ0) is 14.7. The Morgan fingerprint density at radius 3 is 2.90 bits per heavy atom. The third-order valence-corrected chi connectivity index (χ3v) is 5.43. The number of amidine groups is 1. The first-order valence-electron chi connectivity index (χ1n) is 7.63. The van der Waals surface area contributed by atoms with Gasteiger partial charge in [0.2, 0.25) is 0 Å². The molecule has 1 aliphatic rings. The third kappa shape index (κ3) is 3.05. The maximum Gasteiger partial charge on any atom is 0.161 e. The maximum atomic E-state index is 4.68. The van der Waals surface area contributed by atoms with Crippen molar-refractivity contribution in [2.24, 2.45) is 10.9 Å². The molecular formula is C17H21N3S. The van der Waals surface area contributed by atoms with Gasteiger partial charge in [0, 0.05) is 22.5 Å². The lowest BCUT2D eigenvalue weighted by atomic mass is 9.99. The number of rotatable bonds is 4. The van der Waals surface area contributed by atoms with Gasteiger partial charge in [0.1, 0.15) is 0 Å². The van der Waals surface area contributed by atoms with E-state index in [9.17, 15) is 0 Å². The number of pyridine rings is 1. The minimum absolute atomic E-state index is 0.621. The Balaban J connectivity index is 1.75. The van der Waals surface area contributed by atoms with Gasteiger partial charge in [-0.3, -0.25) is 9.98 Å². The van der Waals surface area contributed by atoms with Gasteiger partial charge in [-0.2, -0.15) is 0 Å². The Hall–Kier alpha value is -1.55. The molecule has 1 N–H and O–H groups in total. The van der Waals surface area contributed by atoms with Crippen LogP contribution < -0.4 is 5.32 Å². The van der Waals surface area contributed by atoms with E-state index in [-0.39, 0.29) is 0 Å². The fraction of sp³-hybridized carbons (Fsp3) is 0.412. The highest BCUT2D eigenvalue weighted by molar-refractivity contribution is 8.15. The van der Waals surface area contributed by atoms with Crippen molar-refractivity contribution < 1.29 is 0 Å². The smallest absolute Gasteiger partial charge is 0.161 e. The van der Waals surface area contributed by atoms with Gasteiger partial charge >= 0.3 is 0 Å². The number of anilines is 1. The summed E-state index contributed by atoms with van der Waals surface area (Å²) in [5, 5.41) is 6.30. The SMILES string of the molecule is CCC(CC)C1CN=C(Nc2cccc3ncccc23)S1. The first-order valence-corrected chi connectivity index (χ1v) is 8.51. The molecule has 1 aromatic carbocycles. The van der Waals surface area contributed by atoms with Gasteiger partial charge in [0.15, 0.2) is 5.17 Å². The number of nitrogens with one attached hydrogen (secondary N) is 1. The van der Waals surface area contributed by atoms with E-state index in [1.165, 1.54) is 12.8 Å². The molecule has 1 aromatic heterocycles. The van der Waals surface area contributed by atoms with Gasteiger partial charge in [0.05, 0.1) is 12.1 Å². The van der Waals surface area contributed by atoms with Crippen molar-refractivity contribution in [1.29, 1.82) is 0 Å². The highest BCUT2D eigenvalue weighted by Gasteiger charge is 2.26. The first kappa shape index (κ1) is 14.4. The fourth-order valence-corrected chi connectivity index (χ4v) is 4.18. The summed E-state index contributed by atoms with van der Waals surface area (Å²) in [4.78, 5) is 9.08. The van der Waals surface area contributed by atoms with Crippen molar-refractivity contribution >= 4 is 33.5 Å². The monoisotopic (exact) mass is 299 g/mol. The Labute approximate surface area is 130 Å². The van der Waals surface area contributed by atoms with Crippen molar-refractivity contribution in [2.45, 2.75) is 31.9 Å². The van der Waals surface area contributed by atoms with Crippen molar-refractivity contribution in [2.75, 3.05) is 11.9 Å². The highest BCUT2D eigenvalue weighted by Crippen LogP contribution is 2.32. The molecule has 0 saturated heterocycles. The molecule has 4 heteroatoms. The van der Waals surface area contributed by atoms with E-state index in [2.05, 4.69) is 41.3 Å². The average Bonchev–Trinajstić information content (AvgIpc) is 2.97. The normalized spacial score (nSPS) is 18.2. The van der Waals surface area contributed by atoms with Crippen LogP contribution >= 0.6 is 11.8 Å². The van der Waals surface area contributed by atoms with Crippen LogP contribution in [-0.4, -0.2) is 21.9 Å². The van der Waals surface area contributed by atoms with Crippen molar-refractivity contribution in [3.63, 3.8) is 0 Å². The zero-order valence-corrected chi connectivity index (χ0v) is 13.4. The molecule has 21 heavy (non-hydrogen) atoms. The van der Waals surface area contributed by atoms with Gasteiger partial charge in [-0.1, -0.05) is 44.5 Å². The number of benzene rings is 1. The van der Waals surface area contributed by atoms with Crippen LogP contribution in [0.15, 0.2) is 41.5 Å². The van der Waals surface area contributed by atoms with E-state index >= 15 is 0 Å². The molecule has 3 nitrogen and oxygen atoms in total. The van der Waals surface area contributed by atoms with Gasteiger partial charge in [-0.25, -0.2) is 0 Å². The second-order valence-corrected chi connectivity index (χ2v) is 6.61. The van der Waals surface area contributed by atoms with E-state index in [0.29, 0.717) is 5.25 Å². The lowest BCUT2D eigenvalue weighted by Gasteiger charge is -2.18.